The van der Waals surface area contributed by atoms with Gasteiger partial charge in [0.1, 0.15) is 23.3 Å². The largest absolute Gasteiger partial charge is 0.374 e. The maximum atomic E-state index is 13.7. The molecule has 1 fully saturated rings. The van der Waals surface area contributed by atoms with Gasteiger partial charge >= 0.3 is 11.7 Å². The Kier molecular flexibility index (Phi) is 8.87. The van der Waals surface area contributed by atoms with Crippen molar-refractivity contribution in [1.82, 2.24) is 14.0 Å². The van der Waals surface area contributed by atoms with Crippen LogP contribution in [-0.4, -0.2) is 52.4 Å². The van der Waals surface area contributed by atoms with E-state index in [2.05, 4.69) is 26.6 Å². The lowest BCUT2D eigenvalue weighted by atomic mass is 10.2. The van der Waals surface area contributed by atoms with Gasteiger partial charge in [0.05, 0.1) is 24.9 Å². The molecule has 1 aliphatic rings. The Morgan fingerprint density at radius 2 is 1.74 bits per heavy atom. The molecule has 1 saturated heterocycles. The molecule has 214 valence electrons. The van der Waals surface area contributed by atoms with Gasteiger partial charge in [-0.25, -0.2) is 18.5 Å². The van der Waals surface area contributed by atoms with E-state index < -0.39 is 11.7 Å². The average Bonchev–Trinajstić information content (AvgIpc) is 3.00. The number of nitriles is 1. The third kappa shape index (κ3) is 6.63. The summed E-state index contributed by atoms with van der Waals surface area (Å²) in [5.41, 5.74) is 1.68. The van der Waals surface area contributed by atoms with Crippen molar-refractivity contribution in [1.29, 1.82) is 5.26 Å². The van der Waals surface area contributed by atoms with E-state index in [1.54, 1.807) is 60.7 Å². The molecule has 2 heterocycles. The monoisotopic (exact) mass is 567 g/mol. The Morgan fingerprint density at radius 3 is 2.43 bits per heavy atom. The molecule has 0 saturated carbocycles. The van der Waals surface area contributed by atoms with Crippen molar-refractivity contribution in [3.05, 3.63) is 118 Å². The van der Waals surface area contributed by atoms with Gasteiger partial charge in [-0.2, -0.15) is 5.26 Å². The van der Waals surface area contributed by atoms with Crippen molar-refractivity contribution >= 4 is 17.5 Å². The number of nitrogens with one attached hydrogen (secondary N) is 2. The second-order valence-corrected chi connectivity index (χ2v) is 9.81. The average molecular weight is 568 g/mol. The number of nitrogens with zero attached hydrogens (tertiary/aromatic N) is 5. The number of hydrogen-bond donors (Lipinski definition) is 2. The van der Waals surface area contributed by atoms with Crippen LogP contribution in [0.5, 0.6) is 0 Å². The van der Waals surface area contributed by atoms with Crippen molar-refractivity contribution < 1.29 is 13.9 Å². The molecule has 1 unspecified atom stereocenters. The molecule has 2 N–H and O–H groups in total. The fraction of sp³-hybridized carbons (Fsp3) is 0.226. The molecule has 5 rings (SSSR count). The van der Waals surface area contributed by atoms with Crippen molar-refractivity contribution in [2.45, 2.75) is 12.6 Å². The number of amides is 2. The number of halogens is 1. The number of hydrogen-bond acceptors (Lipinski definition) is 6. The van der Waals surface area contributed by atoms with Crippen molar-refractivity contribution in [3.8, 4) is 11.8 Å². The summed E-state index contributed by atoms with van der Waals surface area (Å²) in [6.45, 7) is 2.59. The molecule has 2 amide bonds. The summed E-state index contributed by atoms with van der Waals surface area (Å²) in [6, 6.07) is 25.5. The Labute approximate surface area is 241 Å². The highest BCUT2D eigenvalue weighted by atomic mass is 19.1. The molecule has 0 spiro atoms. The van der Waals surface area contributed by atoms with Crippen LogP contribution in [0.4, 0.5) is 20.7 Å². The number of aromatic nitrogens is 2. The highest BCUT2D eigenvalue weighted by Crippen LogP contribution is 2.17. The SMILES string of the molecule is Cn1c(=NCC2CN(Cc3ccc(F)cc3)CCO2)c(C#N)c(NC(=O)Nc2ccccc2)n(-c2ccccc2)c1=O. The Hall–Kier alpha value is -5.05. The summed E-state index contributed by atoms with van der Waals surface area (Å²) in [5.74, 6) is -0.277. The summed E-state index contributed by atoms with van der Waals surface area (Å²) >= 11 is 0. The number of carbonyl (C=O) groups is 1. The first-order valence-electron chi connectivity index (χ1n) is 13.5. The zero-order chi connectivity index (χ0) is 29.5. The Bertz CT molecular complexity index is 1710. The number of carbonyl (C=O) groups excluding carboxylic acids is 1. The minimum Gasteiger partial charge on any atom is -0.374 e. The summed E-state index contributed by atoms with van der Waals surface area (Å²) in [6.07, 6.45) is -0.292. The molecule has 0 aliphatic carbocycles. The van der Waals surface area contributed by atoms with Crippen LogP contribution in [0.3, 0.4) is 0 Å². The van der Waals surface area contributed by atoms with E-state index in [1.807, 2.05) is 12.1 Å². The van der Waals surface area contributed by atoms with E-state index >= 15 is 0 Å². The lowest BCUT2D eigenvalue weighted by Crippen LogP contribution is -2.45. The van der Waals surface area contributed by atoms with Crippen molar-refractivity contribution in [2.24, 2.45) is 12.0 Å². The maximum Gasteiger partial charge on any atom is 0.335 e. The lowest BCUT2D eigenvalue weighted by molar-refractivity contribution is -0.0262. The first-order valence-corrected chi connectivity index (χ1v) is 13.5. The molecule has 1 aromatic heterocycles. The van der Waals surface area contributed by atoms with E-state index in [0.29, 0.717) is 37.6 Å². The van der Waals surface area contributed by atoms with Crippen LogP contribution in [0.1, 0.15) is 11.1 Å². The molecule has 0 radical (unpaired) electrons. The minimum absolute atomic E-state index is 0.00137. The van der Waals surface area contributed by atoms with E-state index in [1.165, 1.54) is 28.3 Å². The molecule has 11 heteroatoms. The zero-order valence-corrected chi connectivity index (χ0v) is 23.0. The predicted molar refractivity (Wildman–Crippen MR) is 157 cm³/mol. The molecule has 3 aromatic carbocycles. The van der Waals surface area contributed by atoms with Crippen LogP contribution < -0.4 is 21.8 Å². The summed E-state index contributed by atoms with van der Waals surface area (Å²) in [4.78, 5) is 33.5. The predicted octanol–water partition coefficient (Wildman–Crippen LogP) is 3.63. The van der Waals surface area contributed by atoms with Crippen LogP contribution in [-0.2, 0) is 18.3 Å². The topological polar surface area (TPSA) is 117 Å². The summed E-state index contributed by atoms with van der Waals surface area (Å²) in [7, 11) is 1.54. The van der Waals surface area contributed by atoms with Gasteiger partial charge in [-0.05, 0) is 42.0 Å². The summed E-state index contributed by atoms with van der Waals surface area (Å²) < 4.78 is 21.8. The van der Waals surface area contributed by atoms with Gasteiger partial charge in [0.2, 0.25) is 0 Å². The second-order valence-electron chi connectivity index (χ2n) is 9.81. The van der Waals surface area contributed by atoms with Gasteiger partial charge < -0.3 is 10.1 Å². The van der Waals surface area contributed by atoms with E-state index in [0.717, 1.165) is 5.56 Å². The molecule has 1 aliphatic heterocycles. The molecular weight excluding hydrogens is 537 g/mol. The molecular formula is C31H30FN7O3. The normalized spacial score (nSPS) is 15.6. The fourth-order valence-electron chi connectivity index (χ4n) is 4.81. The van der Waals surface area contributed by atoms with E-state index in [9.17, 15) is 19.2 Å². The Morgan fingerprint density at radius 1 is 1.05 bits per heavy atom. The third-order valence-electron chi connectivity index (χ3n) is 6.86. The summed E-state index contributed by atoms with van der Waals surface area (Å²) in [5, 5.41) is 15.7. The van der Waals surface area contributed by atoms with Crippen LogP contribution in [0, 0.1) is 17.1 Å². The first-order chi connectivity index (χ1) is 20.4. The highest BCUT2D eigenvalue weighted by molar-refractivity contribution is 6.00. The number of ether oxygens (including phenoxy) is 1. The molecule has 0 bridgehead atoms. The molecule has 4 aromatic rings. The van der Waals surface area contributed by atoms with Crippen LogP contribution >= 0.6 is 0 Å². The zero-order valence-electron chi connectivity index (χ0n) is 23.0. The molecule has 42 heavy (non-hydrogen) atoms. The second kappa shape index (κ2) is 13.1. The number of benzene rings is 3. The first kappa shape index (κ1) is 28.5. The van der Waals surface area contributed by atoms with Crippen molar-refractivity contribution in [3.63, 3.8) is 0 Å². The standard InChI is InChI=1S/C31H30FN7O3/c1-37-28(34-19-26-21-38(16-17-42-26)20-22-12-14-23(32)15-13-22)27(18-33)29(36-30(40)35-24-8-4-2-5-9-24)39(31(37)41)25-10-6-3-7-11-25/h2-15,26H,16-17,19-21H2,1H3,(H2,35,36,40). The number of rotatable bonds is 7. The fourth-order valence-corrected chi connectivity index (χ4v) is 4.81. The van der Waals surface area contributed by atoms with Gasteiger partial charge in [0, 0.05) is 32.4 Å². The smallest absolute Gasteiger partial charge is 0.335 e. The van der Waals surface area contributed by atoms with Crippen molar-refractivity contribution in [2.75, 3.05) is 36.9 Å². The molecule has 10 nitrogen and oxygen atoms in total. The number of urea groups is 1. The Balaban J connectivity index is 1.47. The van der Waals surface area contributed by atoms with Gasteiger partial charge in [-0.15, -0.1) is 0 Å². The molecule has 1 atom stereocenters. The van der Waals surface area contributed by atoms with Crippen LogP contribution in [0.25, 0.3) is 5.69 Å². The number of anilines is 2. The minimum atomic E-state index is -0.617. The van der Waals surface area contributed by atoms with E-state index in [-0.39, 0.29) is 35.3 Å². The van der Waals surface area contributed by atoms with E-state index in [4.69, 9.17) is 4.74 Å². The third-order valence-corrected chi connectivity index (χ3v) is 6.86. The number of morpholine rings is 1. The van der Waals surface area contributed by atoms with Gasteiger partial charge in [0.15, 0.2) is 5.49 Å². The highest BCUT2D eigenvalue weighted by Gasteiger charge is 2.23. The number of para-hydroxylation sites is 2. The van der Waals surface area contributed by atoms with Gasteiger partial charge in [-0.3, -0.25) is 19.8 Å². The van der Waals surface area contributed by atoms with Gasteiger partial charge in [-0.1, -0.05) is 48.5 Å². The van der Waals surface area contributed by atoms with Crippen LogP contribution in [0.15, 0.2) is 94.7 Å². The lowest BCUT2D eigenvalue weighted by Gasteiger charge is -2.32. The van der Waals surface area contributed by atoms with Gasteiger partial charge in [0.25, 0.3) is 0 Å². The quantitative estimate of drug-likeness (QED) is 0.354. The van der Waals surface area contributed by atoms with Crippen LogP contribution in [0.2, 0.25) is 0 Å². The maximum absolute atomic E-state index is 13.7.